The number of carbonyl (C=O) groups is 1. The maximum absolute atomic E-state index is 12.5. The molecule has 1 aliphatic heterocycles. The molecule has 1 fully saturated rings. The van der Waals surface area contributed by atoms with Gasteiger partial charge in [-0.05, 0) is 41.0 Å². The highest BCUT2D eigenvalue weighted by atomic mass is 32.1. The normalized spacial score (nSPS) is 15.2. The molecule has 0 atom stereocenters. The Bertz CT molecular complexity index is 842. The summed E-state index contributed by atoms with van der Waals surface area (Å²) in [5.41, 5.74) is 0.581. The van der Waals surface area contributed by atoms with E-state index in [2.05, 4.69) is 22.9 Å². The fourth-order valence-electron chi connectivity index (χ4n) is 2.15. The first-order valence-electron chi connectivity index (χ1n) is 7.89. The summed E-state index contributed by atoms with van der Waals surface area (Å²) in [6.45, 7) is 6.64. The number of allylic oxidation sites excluding steroid dienone is 2. The van der Waals surface area contributed by atoms with E-state index in [1.54, 1.807) is 18.2 Å². The topological polar surface area (TPSA) is 99.2 Å². The number of rotatable bonds is 10. The summed E-state index contributed by atoms with van der Waals surface area (Å²) in [7, 11) is 2.83. The fourth-order valence-corrected chi connectivity index (χ4v) is 2.39. The third kappa shape index (κ3) is 4.85. The van der Waals surface area contributed by atoms with E-state index in [4.69, 9.17) is 31.7 Å². The summed E-state index contributed by atoms with van der Waals surface area (Å²) in [6, 6.07) is 3.16. The SMILES string of the molecule is C=COON1C(=O)/C(=C\C=C\c2cc(OC)c(O)c(OC)c2)N(OOC=C)C1=S. The van der Waals surface area contributed by atoms with Gasteiger partial charge in [-0.1, -0.05) is 30.3 Å². The number of phenols is 1. The first-order valence-corrected chi connectivity index (χ1v) is 8.29. The number of amides is 1. The Balaban J connectivity index is 2.32. The van der Waals surface area contributed by atoms with Crippen LogP contribution in [0.25, 0.3) is 6.08 Å². The van der Waals surface area contributed by atoms with E-state index >= 15 is 0 Å². The van der Waals surface area contributed by atoms with Crippen LogP contribution in [0, 0.1) is 0 Å². The van der Waals surface area contributed by atoms with Gasteiger partial charge in [-0.15, -0.1) is 10.1 Å². The lowest BCUT2D eigenvalue weighted by molar-refractivity contribution is -0.370. The first kappa shape index (κ1) is 21.8. The van der Waals surface area contributed by atoms with E-state index in [-0.39, 0.29) is 28.1 Å². The number of phenolic OH excluding ortho intramolecular Hbond substituents is 1. The van der Waals surface area contributed by atoms with E-state index in [1.807, 2.05) is 0 Å². The third-order valence-corrected chi connectivity index (χ3v) is 3.72. The molecule has 1 saturated heterocycles. The lowest BCUT2D eigenvalue weighted by Crippen LogP contribution is -2.32. The molecule has 154 valence electrons. The highest BCUT2D eigenvalue weighted by Gasteiger charge is 2.42. The number of hydroxylamine groups is 4. The van der Waals surface area contributed by atoms with Crippen molar-refractivity contribution in [2.24, 2.45) is 0 Å². The molecule has 1 N–H and O–H groups in total. The van der Waals surface area contributed by atoms with Crippen LogP contribution in [-0.2, 0) is 24.5 Å². The largest absolute Gasteiger partial charge is 0.502 e. The van der Waals surface area contributed by atoms with Crippen molar-refractivity contribution >= 4 is 29.3 Å². The maximum atomic E-state index is 12.5. The van der Waals surface area contributed by atoms with Gasteiger partial charge in [0.15, 0.2) is 11.5 Å². The van der Waals surface area contributed by atoms with E-state index in [9.17, 15) is 9.90 Å². The van der Waals surface area contributed by atoms with Crippen molar-refractivity contribution in [1.82, 2.24) is 10.1 Å². The van der Waals surface area contributed by atoms with Gasteiger partial charge in [-0.3, -0.25) is 4.79 Å². The second-order valence-electron chi connectivity index (χ2n) is 5.04. The number of nitrogens with zero attached hydrogens (tertiary/aromatic N) is 2. The molecule has 0 aromatic heterocycles. The van der Waals surface area contributed by atoms with Gasteiger partial charge in [0.1, 0.15) is 18.2 Å². The van der Waals surface area contributed by atoms with Gasteiger partial charge in [-0.2, -0.15) is 0 Å². The molecule has 0 aliphatic carbocycles. The maximum Gasteiger partial charge on any atom is 0.306 e. The second-order valence-corrected chi connectivity index (χ2v) is 5.40. The van der Waals surface area contributed by atoms with Crippen LogP contribution in [0.5, 0.6) is 17.2 Å². The van der Waals surface area contributed by atoms with Crippen LogP contribution in [0.1, 0.15) is 5.56 Å². The summed E-state index contributed by atoms with van der Waals surface area (Å²) in [5, 5.41) is 11.3. The first-order chi connectivity index (χ1) is 14.0. The number of ether oxygens (including phenoxy) is 2. The minimum Gasteiger partial charge on any atom is -0.502 e. The van der Waals surface area contributed by atoms with Crippen LogP contribution in [0.15, 0.2) is 55.7 Å². The zero-order valence-corrected chi connectivity index (χ0v) is 16.4. The average molecular weight is 422 g/mol. The number of carbonyl (C=O) groups excluding carboxylic acids is 1. The molecule has 0 bridgehead atoms. The lowest BCUT2D eigenvalue weighted by Gasteiger charge is -2.14. The molecule has 29 heavy (non-hydrogen) atoms. The molecule has 1 amide bonds. The minimum atomic E-state index is -0.685. The van der Waals surface area contributed by atoms with Crippen molar-refractivity contribution < 1.29 is 39.1 Å². The Morgan fingerprint density at radius 3 is 2.10 bits per heavy atom. The van der Waals surface area contributed by atoms with Crippen LogP contribution < -0.4 is 9.47 Å². The molecular formula is C18H18N2O8S. The van der Waals surface area contributed by atoms with Crippen molar-refractivity contribution in [2.45, 2.75) is 0 Å². The Hall–Kier alpha value is -3.54. The van der Waals surface area contributed by atoms with Crippen molar-refractivity contribution in [1.29, 1.82) is 0 Å². The number of hydrogen-bond acceptors (Lipinski definition) is 9. The Morgan fingerprint density at radius 1 is 1.03 bits per heavy atom. The van der Waals surface area contributed by atoms with Crippen LogP contribution in [0.2, 0.25) is 0 Å². The Labute approximate surface area is 171 Å². The van der Waals surface area contributed by atoms with E-state index in [1.165, 1.54) is 26.4 Å². The number of thiocarbonyl (C=S) groups is 1. The van der Waals surface area contributed by atoms with Crippen LogP contribution in [0.4, 0.5) is 0 Å². The third-order valence-electron chi connectivity index (χ3n) is 3.39. The van der Waals surface area contributed by atoms with Crippen molar-refractivity contribution in [3.63, 3.8) is 0 Å². The van der Waals surface area contributed by atoms with Crippen LogP contribution in [0.3, 0.4) is 0 Å². The average Bonchev–Trinajstić information content (AvgIpc) is 2.94. The van der Waals surface area contributed by atoms with Crippen molar-refractivity contribution in [2.75, 3.05) is 14.2 Å². The van der Waals surface area contributed by atoms with Crippen molar-refractivity contribution in [3.8, 4) is 17.2 Å². The molecule has 10 nitrogen and oxygen atoms in total. The summed E-state index contributed by atoms with van der Waals surface area (Å²) in [4.78, 5) is 31.4. The molecule has 0 spiro atoms. The molecule has 1 aliphatic rings. The fraction of sp³-hybridized carbons (Fsp3) is 0.111. The quantitative estimate of drug-likeness (QED) is 0.199. The Kier molecular flexibility index (Phi) is 7.60. The molecule has 0 unspecified atom stereocenters. The van der Waals surface area contributed by atoms with Gasteiger partial charge in [0.25, 0.3) is 0 Å². The molecule has 11 heteroatoms. The standard InChI is InChI=1S/C18H18N2O8S/c1-5-25-27-19-13(17(22)20(18(19)29)28-26-6-2)9-7-8-12-10-14(23-3)16(21)15(11-12)24-4/h5-11,21H,1-2H2,3-4H3/b8-7+,13-9+. The summed E-state index contributed by atoms with van der Waals surface area (Å²) >= 11 is 5.09. The Morgan fingerprint density at radius 2 is 1.59 bits per heavy atom. The van der Waals surface area contributed by atoms with Gasteiger partial charge in [0.2, 0.25) is 10.9 Å². The summed E-state index contributed by atoms with van der Waals surface area (Å²) < 4.78 is 10.2. The molecule has 1 aromatic rings. The zero-order chi connectivity index (χ0) is 21.4. The highest BCUT2D eigenvalue weighted by molar-refractivity contribution is 7.80. The zero-order valence-electron chi connectivity index (χ0n) is 15.6. The molecular weight excluding hydrogens is 404 g/mol. The minimum absolute atomic E-state index is 0.0431. The molecule has 2 rings (SSSR count). The smallest absolute Gasteiger partial charge is 0.306 e. The number of aromatic hydroxyl groups is 1. The predicted octanol–water partition coefficient (Wildman–Crippen LogP) is 2.75. The van der Waals surface area contributed by atoms with Crippen LogP contribution >= 0.6 is 12.2 Å². The van der Waals surface area contributed by atoms with Gasteiger partial charge in [0.05, 0.1) is 14.2 Å². The van der Waals surface area contributed by atoms with Crippen LogP contribution in [-0.4, -0.2) is 40.5 Å². The van der Waals surface area contributed by atoms with Gasteiger partial charge in [0, 0.05) is 0 Å². The predicted molar refractivity (Wildman–Crippen MR) is 104 cm³/mol. The number of hydrogen-bond donors (Lipinski definition) is 1. The van der Waals surface area contributed by atoms with Gasteiger partial charge < -0.3 is 24.4 Å². The van der Waals surface area contributed by atoms with E-state index < -0.39 is 5.91 Å². The summed E-state index contributed by atoms with van der Waals surface area (Å²) in [5.74, 6) is -0.367. The monoisotopic (exact) mass is 422 g/mol. The van der Waals surface area contributed by atoms with Crippen molar-refractivity contribution in [3.05, 3.63) is 61.2 Å². The highest BCUT2D eigenvalue weighted by Crippen LogP contribution is 2.37. The molecule has 0 saturated carbocycles. The van der Waals surface area contributed by atoms with E-state index in [0.29, 0.717) is 10.6 Å². The van der Waals surface area contributed by atoms with Gasteiger partial charge >= 0.3 is 5.91 Å². The molecule has 1 aromatic carbocycles. The second kappa shape index (κ2) is 10.1. The number of methoxy groups -OCH3 is 2. The van der Waals surface area contributed by atoms with E-state index in [0.717, 1.165) is 17.6 Å². The summed E-state index contributed by atoms with van der Waals surface area (Å²) in [6.07, 6.45) is 6.52. The van der Waals surface area contributed by atoms with Gasteiger partial charge in [-0.25, -0.2) is 0 Å². The molecule has 0 radical (unpaired) electrons. The molecule has 1 heterocycles. The lowest BCUT2D eigenvalue weighted by atomic mass is 10.1. The number of benzene rings is 1.